The summed E-state index contributed by atoms with van der Waals surface area (Å²) in [5.74, 6) is -0.0737. The van der Waals surface area contributed by atoms with Crippen LogP contribution in [0.2, 0.25) is 0 Å². The average molecular weight is 338 g/mol. The number of aliphatic hydroxyl groups is 1. The average Bonchev–Trinajstić information content (AvgIpc) is 3.03. The van der Waals surface area contributed by atoms with Crippen molar-refractivity contribution in [1.82, 2.24) is 0 Å². The van der Waals surface area contributed by atoms with Gasteiger partial charge < -0.3 is 5.11 Å². The molecule has 2 aliphatic heterocycles. The van der Waals surface area contributed by atoms with Crippen molar-refractivity contribution in [1.29, 1.82) is 0 Å². The smallest absolute Gasteiger partial charge is 0.225 e. The van der Waals surface area contributed by atoms with Crippen LogP contribution in [0.5, 0.6) is 0 Å². The summed E-state index contributed by atoms with van der Waals surface area (Å²) in [6.45, 7) is 1.53. The van der Waals surface area contributed by atoms with Gasteiger partial charge in [-0.25, -0.2) is 4.99 Å². The Labute approximate surface area is 145 Å². The maximum absolute atomic E-state index is 12.1. The first-order valence-electron chi connectivity index (χ1n) is 8.00. The summed E-state index contributed by atoms with van der Waals surface area (Å²) in [5, 5.41) is 11.7. The van der Waals surface area contributed by atoms with Gasteiger partial charge in [0.15, 0.2) is 0 Å². The highest BCUT2D eigenvalue weighted by molar-refractivity contribution is 8.14. The molecule has 2 atom stereocenters. The van der Waals surface area contributed by atoms with Gasteiger partial charge in [-0.2, -0.15) is 0 Å². The van der Waals surface area contributed by atoms with Crippen LogP contribution in [0.4, 0.5) is 5.69 Å². The van der Waals surface area contributed by atoms with E-state index in [4.69, 9.17) is 0 Å². The maximum Gasteiger partial charge on any atom is 0.225 e. The second kappa shape index (κ2) is 5.76. The fourth-order valence-electron chi connectivity index (χ4n) is 3.38. The molecule has 2 aliphatic rings. The van der Waals surface area contributed by atoms with E-state index in [-0.39, 0.29) is 5.91 Å². The number of anilines is 1. The van der Waals surface area contributed by atoms with Crippen LogP contribution in [-0.2, 0) is 16.9 Å². The van der Waals surface area contributed by atoms with Crippen LogP contribution in [0.1, 0.15) is 24.5 Å². The molecule has 0 radical (unpaired) electrons. The maximum atomic E-state index is 12.1. The first-order chi connectivity index (χ1) is 11.6. The molecule has 0 saturated heterocycles. The van der Waals surface area contributed by atoms with Crippen molar-refractivity contribution in [2.45, 2.75) is 30.9 Å². The number of benzene rings is 2. The van der Waals surface area contributed by atoms with E-state index < -0.39 is 11.1 Å². The van der Waals surface area contributed by atoms with Crippen LogP contribution in [0, 0.1) is 0 Å². The van der Waals surface area contributed by atoms with Gasteiger partial charge in [-0.15, -0.1) is 0 Å². The van der Waals surface area contributed by atoms with Crippen molar-refractivity contribution in [3.8, 4) is 0 Å². The van der Waals surface area contributed by atoms with Gasteiger partial charge in [-0.3, -0.25) is 9.69 Å². The lowest BCUT2D eigenvalue weighted by Crippen LogP contribution is -2.41. The van der Waals surface area contributed by atoms with E-state index in [1.165, 1.54) is 24.2 Å². The number of carbonyl (C=O) groups is 1. The van der Waals surface area contributed by atoms with Gasteiger partial charge in [0.1, 0.15) is 5.37 Å². The second-order valence-electron chi connectivity index (χ2n) is 6.09. The molecule has 2 heterocycles. The van der Waals surface area contributed by atoms with Crippen molar-refractivity contribution in [3.63, 3.8) is 0 Å². The van der Waals surface area contributed by atoms with E-state index in [2.05, 4.69) is 17.1 Å². The molecule has 0 aliphatic carbocycles. The zero-order valence-corrected chi connectivity index (χ0v) is 14.2. The Morgan fingerprint density at radius 2 is 1.88 bits per heavy atom. The Hall–Kier alpha value is -2.11. The summed E-state index contributed by atoms with van der Waals surface area (Å²) in [5.41, 5.74) is 1.39. The summed E-state index contributed by atoms with van der Waals surface area (Å²) in [7, 11) is 0. The Morgan fingerprint density at radius 3 is 2.62 bits per heavy atom. The third-order valence-electron chi connectivity index (χ3n) is 4.49. The molecule has 122 valence electrons. The number of fused-ring (bicyclic) bond motifs is 3. The molecule has 0 saturated carbocycles. The Morgan fingerprint density at radius 1 is 1.17 bits per heavy atom. The number of aliphatic imine (C=N–C) groups is 1. The molecular weight excluding hydrogens is 320 g/mol. The summed E-state index contributed by atoms with van der Waals surface area (Å²) >= 11 is 1.50. The van der Waals surface area contributed by atoms with Crippen molar-refractivity contribution in [2.75, 3.05) is 4.90 Å². The summed E-state index contributed by atoms with van der Waals surface area (Å²) in [4.78, 5) is 18.4. The molecule has 4 nitrogen and oxygen atoms in total. The Bertz CT molecular complexity index is 821. The van der Waals surface area contributed by atoms with E-state index in [0.717, 1.165) is 23.6 Å². The third-order valence-corrected chi connectivity index (χ3v) is 5.82. The molecule has 4 rings (SSSR count). The predicted octanol–water partition coefficient (Wildman–Crippen LogP) is 3.30. The molecule has 5 heteroatoms. The summed E-state index contributed by atoms with van der Waals surface area (Å²) in [6.07, 6.45) is 1.64. The van der Waals surface area contributed by atoms with E-state index in [9.17, 15) is 9.90 Å². The van der Waals surface area contributed by atoms with Gasteiger partial charge in [0, 0.05) is 12.5 Å². The third kappa shape index (κ3) is 2.36. The summed E-state index contributed by atoms with van der Waals surface area (Å²) in [6, 6.07) is 17.7. The monoisotopic (exact) mass is 338 g/mol. The van der Waals surface area contributed by atoms with Gasteiger partial charge in [-0.05, 0) is 24.5 Å². The molecule has 2 aromatic carbocycles. The first kappa shape index (κ1) is 15.4. The lowest BCUT2D eigenvalue weighted by Gasteiger charge is -2.25. The van der Waals surface area contributed by atoms with Crippen molar-refractivity contribution in [2.24, 2.45) is 4.99 Å². The summed E-state index contributed by atoms with van der Waals surface area (Å²) < 4.78 is 0. The fourth-order valence-corrected chi connectivity index (χ4v) is 4.76. The number of carbonyl (C=O) groups excluding carboxylic acids is 1. The number of rotatable bonds is 3. The van der Waals surface area contributed by atoms with Crippen molar-refractivity contribution in [3.05, 3.63) is 65.7 Å². The first-order valence-corrected chi connectivity index (χ1v) is 8.88. The highest BCUT2D eigenvalue weighted by Gasteiger charge is 2.55. The molecule has 0 spiro atoms. The lowest BCUT2D eigenvalue weighted by molar-refractivity contribution is -0.117. The van der Waals surface area contributed by atoms with E-state index in [0.29, 0.717) is 5.56 Å². The minimum absolute atomic E-state index is 0.0737. The van der Waals surface area contributed by atoms with Crippen molar-refractivity contribution >= 4 is 28.4 Å². The van der Waals surface area contributed by atoms with Crippen LogP contribution >= 0.6 is 11.8 Å². The Kier molecular flexibility index (Phi) is 3.70. The van der Waals surface area contributed by atoms with E-state index >= 15 is 0 Å². The normalized spacial score (nSPS) is 24.5. The number of para-hydroxylation sites is 1. The minimum Gasteiger partial charge on any atom is -0.363 e. The molecule has 0 fully saturated rings. The van der Waals surface area contributed by atoms with Gasteiger partial charge in [0.2, 0.25) is 11.6 Å². The molecule has 0 aromatic heterocycles. The van der Waals surface area contributed by atoms with Crippen molar-refractivity contribution < 1.29 is 9.90 Å². The molecule has 2 aromatic rings. The number of hydrogen-bond acceptors (Lipinski definition) is 4. The van der Waals surface area contributed by atoms with Gasteiger partial charge in [0.05, 0.1) is 10.7 Å². The topological polar surface area (TPSA) is 52.9 Å². The second-order valence-corrected chi connectivity index (χ2v) is 7.25. The number of amides is 1. The van der Waals surface area contributed by atoms with Crippen LogP contribution in [0.25, 0.3) is 0 Å². The zero-order chi connectivity index (χ0) is 16.7. The molecule has 0 unspecified atom stereocenters. The molecule has 1 N–H and O–H groups in total. The molecule has 1 amide bonds. The molecule has 0 bridgehead atoms. The largest absolute Gasteiger partial charge is 0.363 e. The van der Waals surface area contributed by atoms with E-state index in [1.807, 2.05) is 42.5 Å². The lowest BCUT2D eigenvalue weighted by atomic mass is 10.1. The van der Waals surface area contributed by atoms with E-state index in [1.54, 1.807) is 4.90 Å². The zero-order valence-electron chi connectivity index (χ0n) is 13.3. The molecule has 24 heavy (non-hydrogen) atoms. The number of aryl methyl sites for hydroxylation is 1. The molecular formula is C19H18N2O2S. The van der Waals surface area contributed by atoms with Gasteiger partial charge >= 0.3 is 0 Å². The van der Waals surface area contributed by atoms with Crippen LogP contribution in [0.15, 0.2) is 59.6 Å². The minimum atomic E-state index is -1.33. The quantitative estimate of drug-likeness (QED) is 0.934. The van der Waals surface area contributed by atoms with Crippen LogP contribution in [-0.4, -0.2) is 21.4 Å². The Balaban J connectivity index is 1.63. The number of thioether (sulfide) groups is 1. The standard InChI is InChI=1S/C19H18N2O2S/c1-13(22)21-16-10-6-5-9-15(16)19(23)18(21)24-17(20-19)12-11-14-7-3-2-4-8-14/h2-10,18,23H,11-12H2,1H3/t18-,19+/m1/s1. The predicted molar refractivity (Wildman–Crippen MR) is 97.1 cm³/mol. The SMILES string of the molecule is CC(=O)N1c2ccccc2[C@@]2(O)N=C(CCc3ccccc3)S[C@@H]12. The number of hydrogen-bond donors (Lipinski definition) is 1. The van der Waals surface area contributed by atoms with Gasteiger partial charge in [0.25, 0.3) is 0 Å². The number of nitrogens with zero attached hydrogens (tertiary/aromatic N) is 2. The van der Waals surface area contributed by atoms with Crippen LogP contribution < -0.4 is 4.90 Å². The highest BCUT2D eigenvalue weighted by Crippen LogP contribution is 2.53. The van der Waals surface area contributed by atoms with Gasteiger partial charge in [-0.1, -0.05) is 60.3 Å². The van der Waals surface area contributed by atoms with Crippen LogP contribution in [0.3, 0.4) is 0 Å². The highest BCUT2D eigenvalue weighted by atomic mass is 32.2. The fraction of sp³-hybridized carbons (Fsp3) is 0.263.